The second kappa shape index (κ2) is 8.79. The Morgan fingerprint density at radius 1 is 1.13 bits per heavy atom. The number of rotatable bonds is 7. The summed E-state index contributed by atoms with van der Waals surface area (Å²) in [5.41, 5.74) is 0.785. The zero-order chi connectivity index (χ0) is 21.9. The first kappa shape index (κ1) is 21.7. The Morgan fingerprint density at radius 2 is 1.83 bits per heavy atom. The monoisotopic (exact) mass is 420 g/mol. The molecule has 0 saturated heterocycles. The molecule has 160 valence electrons. The van der Waals surface area contributed by atoms with E-state index >= 15 is 0 Å². The summed E-state index contributed by atoms with van der Waals surface area (Å²) in [6.45, 7) is 5.06. The molecule has 0 aliphatic carbocycles. The number of fused-ring (bicyclic) bond motifs is 1. The molecule has 0 saturated carbocycles. The highest BCUT2D eigenvalue weighted by Crippen LogP contribution is 2.36. The maximum Gasteiger partial charge on any atom is 0.416 e. The van der Waals surface area contributed by atoms with Crippen molar-refractivity contribution in [2.24, 2.45) is 0 Å². The molecular weight excluding hydrogens is 397 g/mol. The van der Waals surface area contributed by atoms with E-state index in [9.17, 15) is 18.0 Å². The number of hydrogen-bond acceptors (Lipinski definition) is 4. The van der Waals surface area contributed by atoms with Crippen molar-refractivity contribution in [1.29, 1.82) is 0 Å². The molecule has 1 aromatic heterocycles. The molecule has 0 unspecified atom stereocenters. The van der Waals surface area contributed by atoms with Crippen LogP contribution in [0.4, 0.5) is 24.5 Å². The van der Waals surface area contributed by atoms with Crippen molar-refractivity contribution < 1.29 is 27.1 Å². The van der Waals surface area contributed by atoms with Crippen molar-refractivity contribution in [3.8, 4) is 0 Å². The molecule has 0 radical (unpaired) electrons. The van der Waals surface area contributed by atoms with Crippen LogP contribution in [-0.2, 0) is 17.5 Å². The van der Waals surface area contributed by atoms with Gasteiger partial charge in [0.25, 0.3) is 5.91 Å². The van der Waals surface area contributed by atoms with E-state index in [-0.39, 0.29) is 18.1 Å². The second-order valence-electron chi connectivity index (χ2n) is 6.70. The van der Waals surface area contributed by atoms with Crippen LogP contribution in [0.15, 0.2) is 46.9 Å². The number of halogens is 3. The summed E-state index contributed by atoms with van der Waals surface area (Å²) in [4.78, 5) is 14.9. The van der Waals surface area contributed by atoms with Gasteiger partial charge in [0.05, 0.1) is 23.5 Å². The Balaban J connectivity index is 2.05. The molecule has 30 heavy (non-hydrogen) atoms. The number of furan rings is 1. The fraction of sp³-hybridized carbons (Fsp3) is 0.318. The van der Waals surface area contributed by atoms with Crippen LogP contribution in [0.2, 0.25) is 0 Å². The Morgan fingerprint density at radius 3 is 2.47 bits per heavy atom. The Hall–Kier alpha value is -3.00. The molecule has 3 rings (SSSR count). The fourth-order valence-corrected chi connectivity index (χ4v) is 3.40. The number of nitrogens with zero attached hydrogens (tertiary/aromatic N) is 1. The summed E-state index contributed by atoms with van der Waals surface area (Å²) in [5.74, 6) is -0.619. The predicted molar refractivity (Wildman–Crippen MR) is 110 cm³/mol. The SMILES string of the molecule is CCN(CC)c1ccc(C(F)(F)F)cc1NC(=O)c1oc2ccccc2c1COC. The Bertz CT molecular complexity index is 1040. The van der Waals surface area contributed by atoms with Crippen LogP contribution in [0.1, 0.15) is 35.5 Å². The molecule has 0 fully saturated rings. The topological polar surface area (TPSA) is 54.7 Å². The normalized spacial score (nSPS) is 11.7. The molecule has 1 amide bonds. The molecular formula is C22H23F3N2O3. The van der Waals surface area contributed by atoms with Gasteiger partial charge in [-0.2, -0.15) is 13.2 Å². The molecule has 0 aliphatic rings. The van der Waals surface area contributed by atoms with E-state index < -0.39 is 17.6 Å². The lowest BCUT2D eigenvalue weighted by atomic mass is 10.1. The first-order chi connectivity index (χ1) is 14.3. The largest absolute Gasteiger partial charge is 0.451 e. The van der Waals surface area contributed by atoms with Crippen molar-refractivity contribution in [2.75, 3.05) is 30.4 Å². The molecule has 3 aromatic rings. The lowest BCUT2D eigenvalue weighted by Crippen LogP contribution is -2.24. The van der Waals surface area contributed by atoms with Gasteiger partial charge in [0.15, 0.2) is 5.76 Å². The van der Waals surface area contributed by atoms with Crippen LogP contribution in [-0.4, -0.2) is 26.1 Å². The van der Waals surface area contributed by atoms with Gasteiger partial charge >= 0.3 is 6.18 Å². The number of alkyl halides is 3. The maximum absolute atomic E-state index is 13.3. The molecule has 5 nitrogen and oxygen atoms in total. The first-order valence-corrected chi connectivity index (χ1v) is 9.57. The smallest absolute Gasteiger partial charge is 0.416 e. The third-order valence-electron chi connectivity index (χ3n) is 4.87. The number of amides is 1. The van der Waals surface area contributed by atoms with E-state index in [0.29, 0.717) is 29.9 Å². The van der Waals surface area contributed by atoms with Crippen molar-refractivity contribution in [2.45, 2.75) is 26.6 Å². The van der Waals surface area contributed by atoms with Crippen LogP contribution >= 0.6 is 0 Å². The maximum atomic E-state index is 13.3. The molecule has 0 bridgehead atoms. The number of benzene rings is 2. The van der Waals surface area contributed by atoms with Crippen molar-refractivity contribution in [3.05, 3.63) is 59.4 Å². The van der Waals surface area contributed by atoms with Crippen LogP contribution in [0.5, 0.6) is 0 Å². The van der Waals surface area contributed by atoms with Gasteiger partial charge in [-0.05, 0) is 38.1 Å². The van der Waals surface area contributed by atoms with E-state index in [1.54, 1.807) is 18.2 Å². The zero-order valence-electron chi connectivity index (χ0n) is 17.0. The third-order valence-corrected chi connectivity index (χ3v) is 4.87. The number of ether oxygens (including phenoxy) is 1. The van der Waals surface area contributed by atoms with Crippen molar-refractivity contribution in [1.82, 2.24) is 0 Å². The van der Waals surface area contributed by atoms with E-state index in [0.717, 1.165) is 17.5 Å². The van der Waals surface area contributed by atoms with E-state index in [1.165, 1.54) is 13.2 Å². The molecule has 1 N–H and O–H groups in total. The van der Waals surface area contributed by atoms with Gasteiger partial charge in [-0.1, -0.05) is 18.2 Å². The molecule has 0 aliphatic heterocycles. The van der Waals surface area contributed by atoms with E-state index in [1.807, 2.05) is 24.8 Å². The van der Waals surface area contributed by atoms with Crippen molar-refractivity contribution >= 4 is 28.3 Å². The Kier molecular flexibility index (Phi) is 6.36. The molecule has 8 heteroatoms. The highest BCUT2D eigenvalue weighted by molar-refractivity contribution is 6.08. The van der Waals surface area contributed by atoms with Crippen LogP contribution in [0.3, 0.4) is 0 Å². The quantitative estimate of drug-likeness (QED) is 0.533. The van der Waals surface area contributed by atoms with E-state index in [2.05, 4.69) is 5.32 Å². The number of para-hydroxylation sites is 1. The van der Waals surface area contributed by atoms with Gasteiger partial charge in [-0.15, -0.1) is 0 Å². The number of nitrogens with one attached hydrogen (secondary N) is 1. The van der Waals surface area contributed by atoms with Crippen LogP contribution < -0.4 is 10.2 Å². The summed E-state index contributed by atoms with van der Waals surface area (Å²) in [6.07, 6.45) is -4.53. The molecule has 1 heterocycles. The lowest BCUT2D eigenvalue weighted by Gasteiger charge is -2.25. The number of carbonyl (C=O) groups excluding carboxylic acids is 1. The van der Waals surface area contributed by atoms with Gasteiger partial charge in [0.2, 0.25) is 0 Å². The van der Waals surface area contributed by atoms with Gasteiger partial charge in [-0.25, -0.2) is 0 Å². The zero-order valence-corrected chi connectivity index (χ0v) is 17.0. The van der Waals surface area contributed by atoms with Gasteiger partial charge in [-0.3, -0.25) is 4.79 Å². The van der Waals surface area contributed by atoms with Crippen LogP contribution in [0, 0.1) is 0 Å². The average molecular weight is 420 g/mol. The van der Waals surface area contributed by atoms with Gasteiger partial charge in [0, 0.05) is 31.1 Å². The minimum Gasteiger partial charge on any atom is -0.451 e. The highest BCUT2D eigenvalue weighted by Gasteiger charge is 2.32. The standard InChI is InChI=1S/C22H23F3N2O3/c1-4-27(5-2)18-11-10-14(22(23,24)25)12-17(18)26-21(28)20-16(13-29-3)15-8-6-7-9-19(15)30-20/h6-12H,4-5,13H2,1-3H3,(H,26,28). The van der Waals surface area contributed by atoms with Crippen LogP contribution in [0.25, 0.3) is 11.0 Å². The molecule has 0 spiro atoms. The summed E-state index contributed by atoms with van der Waals surface area (Å²) in [7, 11) is 1.49. The lowest BCUT2D eigenvalue weighted by molar-refractivity contribution is -0.137. The van der Waals surface area contributed by atoms with Crippen molar-refractivity contribution in [3.63, 3.8) is 0 Å². The minimum atomic E-state index is -4.53. The summed E-state index contributed by atoms with van der Waals surface area (Å²) < 4.78 is 50.7. The van der Waals surface area contributed by atoms with Gasteiger partial charge in [0.1, 0.15) is 5.58 Å². The number of hydrogen-bond donors (Lipinski definition) is 1. The highest BCUT2D eigenvalue weighted by atomic mass is 19.4. The van der Waals surface area contributed by atoms with E-state index in [4.69, 9.17) is 9.15 Å². The average Bonchev–Trinajstić information content (AvgIpc) is 3.08. The predicted octanol–water partition coefficient (Wildman–Crippen LogP) is 5.70. The first-order valence-electron chi connectivity index (χ1n) is 9.57. The number of methoxy groups -OCH3 is 1. The summed E-state index contributed by atoms with van der Waals surface area (Å²) in [6, 6.07) is 10.4. The Labute approximate surface area is 172 Å². The molecule has 2 aromatic carbocycles. The number of carbonyl (C=O) groups is 1. The minimum absolute atomic E-state index is 0.0148. The second-order valence-corrected chi connectivity index (χ2v) is 6.70. The fourth-order valence-electron chi connectivity index (χ4n) is 3.40. The van der Waals surface area contributed by atoms with Gasteiger partial charge < -0.3 is 19.4 Å². The number of anilines is 2. The molecule has 0 atom stereocenters. The summed E-state index contributed by atoms with van der Waals surface area (Å²) in [5, 5.41) is 3.34. The third kappa shape index (κ3) is 4.28. The summed E-state index contributed by atoms with van der Waals surface area (Å²) >= 11 is 0.